The van der Waals surface area contributed by atoms with Gasteiger partial charge in [-0.15, -0.1) is 0 Å². The third-order valence-electron chi connectivity index (χ3n) is 5.26. The van der Waals surface area contributed by atoms with Crippen molar-refractivity contribution in [3.63, 3.8) is 0 Å². The molecular weight excluding hydrogens is 324 g/mol. The highest BCUT2D eigenvalue weighted by Crippen LogP contribution is 2.42. The zero-order valence-corrected chi connectivity index (χ0v) is 15.5. The predicted octanol–water partition coefficient (Wildman–Crippen LogP) is 7.16. The maximum absolute atomic E-state index is 2.39. The lowest BCUT2D eigenvalue weighted by Gasteiger charge is -2.27. The molecule has 3 aromatic rings. The van der Waals surface area contributed by atoms with Gasteiger partial charge in [-0.25, -0.2) is 0 Å². The van der Waals surface area contributed by atoms with Crippen LogP contribution in [0.3, 0.4) is 0 Å². The van der Waals surface area contributed by atoms with Gasteiger partial charge in [0.05, 0.1) is 0 Å². The fourth-order valence-corrected chi connectivity index (χ4v) is 3.81. The molecule has 27 heavy (non-hydrogen) atoms. The van der Waals surface area contributed by atoms with Crippen LogP contribution in [0.15, 0.2) is 103 Å². The number of allylic oxidation sites excluding steroid dienone is 3. The van der Waals surface area contributed by atoms with Gasteiger partial charge in [0.2, 0.25) is 0 Å². The molecule has 0 nitrogen and oxygen atoms in total. The molecule has 132 valence electrons. The summed E-state index contributed by atoms with van der Waals surface area (Å²) < 4.78 is 0. The molecule has 0 N–H and O–H groups in total. The average Bonchev–Trinajstić information content (AvgIpc) is 3.09. The Labute approximate surface area is 162 Å². The number of fused-ring (bicyclic) bond motifs is 1. The Balaban J connectivity index is 1.58. The normalized spacial score (nSPS) is 14.8. The van der Waals surface area contributed by atoms with E-state index >= 15 is 0 Å². The van der Waals surface area contributed by atoms with Gasteiger partial charge in [-0.05, 0) is 35.1 Å². The van der Waals surface area contributed by atoms with Crippen molar-refractivity contribution in [2.75, 3.05) is 0 Å². The molecule has 0 saturated heterocycles. The van der Waals surface area contributed by atoms with Gasteiger partial charge in [-0.2, -0.15) is 0 Å². The van der Waals surface area contributed by atoms with Crippen molar-refractivity contribution in [2.45, 2.75) is 18.3 Å². The molecule has 0 aliphatic heterocycles. The standard InChI is InChI=1S/C27H24/c1-3-11-23(12-4-1)15-9-20-27(21-10-16-24-13-5-2-6-14-24)22-19-25-17-7-8-18-26(25)27/h1-19,22H,20-21H2/b15-9+,16-10+. The second-order valence-corrected chi connectivity index (χ2v) is 7.11. The fraction of sp³-hybridized carbons (Fsp3) is 0.111. The summed E-state index contributed by atoms with van der Waals surface area (Å²) in [6, 6.07) is 29.8. The SMILES string of the molecule is C1=CC(C/C=C/c2ccccc2)(C/C=C/c2ccccc2)c2ccccc21. The summed E-state index contributed by atoms with van der Waals surface area (Å²) in [6.45, 7) is 0. The van der Waals surface area contributed by atoms with Crippen LogP contribution in [0.1, 0.15) is 35.1 Å². The number of benzene rings is 3. The number of hydrogen-bond donors (Lipinski definition) is 0. The van der Waals surface area contributed by atoms with Crippen LogP contribution in [0.4, 0.5) is 0 Å². The van der Waals surface area contributed by atoms with E-state index in [0.717, 1.165) is 12.8 Å². The summed E-state index contributed by atoms with van der Waals surface area (Å²) in [5.41, 5.74) is 5.32. The van der Waals surface area contributed by atoms with Gasteiger partial charge >= 0.3 is 0 Å². The molecule has 0 heterocycles. The number of hydrogen-bond acceptors (Lipinski definition) is 0. The summed E-state index contributed by atoms with van der Waals surface area (Å²) in [5.74, 6) is 0. The van der Waals surface area contributed by atoms with Crippen LogP contribution in [0.25, 0.3) is 18.2 Å². The summed E-state index contributed by atoms with van der Waals surface area (Å²) in [7, 11) is 0. The molecule has 0 saturated carbocycles. The van der Waals surface area contributed by atoms with Crippen LogP contribution in [0, 0.1) is 0 Å². The van der Waals surface area contributed by atoms with E-state index < -0.39 is 0 Å². The maximum Gasteiger partial charge on any atom is 0.0210 e. The van der Waals surface area contributed by atoms with Crippen LogP contribution < -0.4 is 0 Å². The van der Waals surface area contributed by atoms with E-state index in [-0.39, 0.29) is 5.41 Å². The fourth-order valence-electron chi connectivity index (χ4n) is 3.81. The van der Waals surface area contributed by atoms with Crippen LogP contribution in [-0.4, -0.2) is 0 Å². The third-order valence-corrected chi connectivity index (χ3v) is 5.26. The number of rotatable bonds is 6. The molecule has 1 aliphatic rings. The van der Waals surface area contributed by atoms with Gasteiger partial charge in [0.1, 0.15) is 0 Å². The Morgan fingerprint density at radius 2 is 1.11 bits per heavy atom. The van der Waals surface area contributed by atoms with E-state index in [9.17, 15) is 0 Å². The summed E-state index contributed by atoms with van der Waals surface area (Å²) in [6.07, 6.45) is 15.8. The molecule has 3 aromatic carbocycles. The first-order chi connectivity index (χ1) is 13.4. The van der Waals surface area contributed by atoms with Crippen molar-refractivity contribution in [3.8, 4) is 0 Å². The molecule has 4 rings (SSSR count). The van der Waals surface area contributed by atoms with E-state index in [1.807, 2.05) is 0 Å². The third kappa shape index (κ3) is 4.01. The van der Waals surface area contributed by atoms with Gasteiger partial charge in [-0.3, -0.25) is 0 Å². The molecule has 0 radical (unpaired) electrons. The highest BCUT2D eigenvalue weighted by atomic mass is 14.3. The Morgan fingerprint density at radius 3 is 1.70 bits per heavy atom. The lowest BCUT2D eigenvalue weighted by Crippen LogP contribution is -2.20. The van der Waals surface area contributed by atoms with Crippen LogP contribution in [0.2, 0.25) is 0 Å². The Kier molecular flexibility index (Phi) is 5.16. The highest BCUT2D eigenvalue weighted by Gasteiger charge is 2.32. The molecule has 0 unspecified atom stereocenters. The first kappa shape index (κ1) is 17.3. The zero-order valence-electron chi connectivity index (χ0n) is 15.5. The van der Waals surface area contributed by atoms with Crippen molar-refractivity contribution < 1.29 is 0 Å². The van der Waals surface area contributed by atoms with Crippen molar-refractivity contribution in [1.82, 2.24) is 0 Å². The second-order valence-electron chi connectivity index (χ2n) is 7.11. The largest absolute Gasteiger partial charge is 0.0827 e. The smallest absolute Gasteiger partial charge is 0.0210 e. The average molecular weight is 348 g/mol. The summed E-state index contributed by atoms with van der Waals surface area (Å²) in [4.78, 5) is 0. The lowest BCUT2D eigenvalue weighted by molar-refractivity contribution is 0.562. The minimum absolute atomic E-state index is 0.0349. The monoisotopic (exact) mass is 348 g/mol. The first-order valence-corrected chi connectivity index (χ1v) is 9.58. The minimum atomic E-state index is 0.0349. The van der Waals surface area contributed by atoms with E-state index in [0.29, 0.717) is 0 Å². The maximum atomic E-state index is 2.39. The Hall–Kier alpha value is -3.12. The minimum Gasteiger partial charge on any atom is -0.0827 e. The highest BCUT2D eigenvalue weighted by molar-refractivity contribution is 5.66. The van der Waals surface area contributed by atoms with Gasteiger partial charge in [0.25, 0.3) is 0 Å². The van der Waals surface area contributed by atoms with Crippen LogP contribution in [-0.2, 0) is 5.41 Å². The molecule has 0 bridgehead atoms. The van der Waals surface area contributed by atoms with Gasteiger partial charge in [0, 0.05) is 5.41 Å². The molecule has 0 aromatic heterocycles. The van der Waals surface area contributed by atoms with Crippen molar-refractivity contribution in [1.29, 1.82) is 0 Å². The molecule has 0 atom stereocenters. The van der Waals surface area contributed by atoms with E-state index in [2.05, 4.69) is 121 Å². The van der Waals surface area contributed by atoms with Crippen molar-refractivity contribution in [3.05, 3.63) is 125 Å². The second kappa shape index (κ2) is 8.05. The van der Waals surface area contributed by atoms with Gasteiger partial charge in [-0.1, -0.05) is 121 Å². The predicted molar refractivity (Wildman–Crippen MR) is 117 cm³/mol. The quantitative estimate of drug-likeness (QED) is 0.443. The van der Waals surface area contributed by atoms with Crippen molar-refractivity contribution in [2.24, 2.45) is 0 Å². The molecule has 0 fully saturated rings. The Bertz CT molecular complexity index is 908. The topological polar surface area (TPSA) is 0 Å². The first-order valence-electron chi connectivity index (χ1n) is 9.58. The summed E-state index contributed by atoms with van der Waals surface area (Å²) in [5, 5.41) is 0. The van der Waals surface area contributed by atoms with E-state index in [1.165, 1.54) is 22.3 Å². The molecule has 1 aliphatic carbocycles. The zero-order chi connectivity index (χ0) is 18.4. The van der Waals surface area contributed by atoms with Crippen LogP contribution >= 0.6 is 0 Å². The van der Waals surface area contributed by atoms with Gasteiger partial charge < -0.3 is 0 Å². The lowest BCUT2D eigenvalue weighted by atomic mass is 9.76. The molecule has 0 heteroatoms. The molecule has 0 amide bonds. The van der Waals surface area contributed by atoms with Gasteiger partial charge in [0.15, 0.2) is 0 Å². The van der Waals surface area contributed by atoms with E-state index in [4.69, 9.17) is 0 Å². The Morgan fingerprint density at radius 1 is 0.593 bits per heavy atom. The molecule has 0 spiro atoms. The van der Waals surface area contributed by atoms with E-state index in [1.54, 1.807) is 0 Å². The summed E-state index contributed by atoms with van der Waals surface area (Å²) >= 11 is 0. The van der Waals surface area contributed by atoms with Crippen molar-refractivity contribution >= 4 is 18.2 Å². The van der Waals surface area contributed by atoms with Crippen LogP contribution in [0.5, 0.6) is 0 Å². The molecular formula is C27H24.